The van der Waals surface area contributed by atoms with E-state index in [1.54, 1.807) is 24.3 Å². The summed E-state index contributed by atoms with van der Waals surface area (Å²) in [6.07, 6.45) is 1.97. The lowest BCUT2D eigenvalue weighted by molar-refractivity contribution is 0.0498. The van der Waals surface area contributed by atoms with Crippen molar-refractivity contribution < 1.29 is 19.1 Å². The van der Waals surface area contributed by atoms with Crippen LogP contribution < -0.4 is 10.6 Å². The minimum absolute atomic E-state index is 0.00455. The van der Waals surface area contributed by atoms with E-state index in [2.05, 4.69) is 17.6 Å². The molecule has 2 N–H and O–H groups in total. The Balaban J connectivity index is 1.83. The van der Waals surface area contributed by atoms with Crippen LogP contribution >= 0.6 is 0 Å². The predicted octanol–water partition coefficient (Wildman–Crippen LogP) is 5.43. The smallest absolute Gasteiger partial charge is 0.412 e. The van der Waals surface area contributed by atoms with Crippen molar-refractivity contribution in [1.29, 1.82) is 0 Å². The maximum Gasteiger partial charge on any atom is 0.412 e. The van der Waals surface area contributed by atoms with Crippen LogP contribution in [0.1, 0.15) is 32.6 Å². The van der Waals surface area contributed by atoms with Gasteiger partial charge in [0, 0.05) is 11.4 Å². The lowest BCUT2D eigenvalue weighted by Crippen LogP contribution is -2.29. The van der Waals surface area contributed by atoms with Gasteiger partial charge < -0.3 is 9.47 Å². The van der Waals surface area contributed by atoms with Crippen molar-refractivity contribution in [3.8, 4) is 0 Å². The molecule has 2 amide bonds. The highest BCUT2D eigenvalue weighted by atomic mass is 16.6. The summed E-state index contributed by atoms with van der Waals surface area (Å²) in [5.74, 6) is 0. The zero-order chi connectivity index (χ0) is 19.3. The number of carbonyl (C=O) groups is 2. The third-order valence-electron chi connectivity index (χ3n) is 3.84. The SMILES string of the molecule is CCCCC[C@@H](COC(=O)Nc1ccccc1)OC(=O)Nc1ccccc1. The molecule has 2 aromatic rings. The van der Waals surface area contributed by atoms with Crippen LogP contribution in [0, 0.1) is 0 Å². The molecule has 0 spiro atoms. The number of benzene rings is 2. The predicted molar refractivity (Wildman–Crippen MR) is 106 cm³/mol. The van der Waals surface area contributed by atoms with Crippen LogP contribution in [0.3, 0.4) is 0 Å². The van der Waals surface area contributed by atoms with Gasteiger partial charge in [0.15, 0.2) is 0 Å². The van der Waals surface area contributed by atoms with E-state index in [0.717, 1.165) is 19.3 Å². The average Bonchev–Trinajstić information content (AvgIpc) is 2.67. The fourth-order valence-electron chi connectivity index (χ4n) is 2.46. The van der Waals surface area contributed by atoms with Gasteiger partial charge in [-0.05, 0) is 37.1 Å². The molecule has 0 aromatic heterocycles. The summed E-state index contributed by atoms with van der Waals surface area (Å²) in [5, 5.41) is 5.31. The van der Waals surface area contributed by atoms with Crippen molar-refractivity contribution in [3.63, 3.8) is 0 Å². The van der Waals surface area contributed by atoms with Crippen LogP contribution in [0.5, 0.6) is 0 Å². The molecular weight excluding hydrogens is 344 g/mol. The Morgan fingerprint density at radius 3 is 1.96 bits per heavy atom. The number of amides is 2. The van der Waals surface area contributed by atoms with Crippen molar-refractivity contribution in [2.45, 2.75) is 38.7 Å². The molecule has 144 valence electrons. The van der Waals surface area contributed by atoms with Gasteiger partial charge in [0.05, 0.1) is 0 Å². The first kappa shape index (κ1) is 20.3. The first-order valence-corrected chi connectivity index (χ1v) is 9.19. The molecular formula is C21H26N2O4. The molecule has 0 radical (unpaired) electrons. The van der Waals surface area contributed by atoms with E-state index in [0.29, 0.717) is 17.8 Å². The Labute approximate surface area is 159 Å². The molecule has 0 aliphatic carbocycles. The topological polar surface area (TPSA) is 76.7 Å². The normalized spacial score (nSPS) is 11.3. The standard InChI is InChI=1S/C21H26N2O4/c1-2-3-6-15-19(27-21(25)23-18-13-9-5-10-14-18)16-26-20(24)22-17-11-7-4-8-12-17/h4-5,7-14,19H,2-3,6,15-16H2,1H3,(H,22,24)(H,23,25)/t19-/m0/s1. The highest BCUT2D eigenvalue weighted by Crippen LogP contribution is 2.12. The molecule has 6 heteroatoms. The number of nitrogens with one attached hydrogen (secondary N) is 2. The summed E-state index contributed by atoms with van der Waals surface area (Å²) in [5.41, 5.74) is 1.30. The Morgan fingerprint density at radius 1 is 0.852 bits per heavy atom. The summed E-state index contributed by atoms with van der Waals surface area (Å²) in [7, 11) is 0. The van der Waals surface area contributed by atoms with Gasteiger partial charge in [0.25, 0.3) is 0 Å². The Kier molecular flexibility index (Phi) is 8.69. The summed E-state index contributed by atoms with van der Waals surface area (Å²) in [6, 6.07) is 18.1. The van der Waals surface area contributed by atoms with Crippen LogP contribution in [-0.2, 0) is 9.47 Å². The molecule has 0 unspecified atom stereocenters. The number of para-hydroxylation sites is 2. The van der Waals surface area contributed by atoms with Crippen molar-refractivity contribution in [3.05, 3.63) is 60.7 Å². The zero-order valence-corrected chi connectivity index (χ0v) is 15.5. The van der Waals surface area contributed by atoms with Gasteiger partial charge in [-0.1, -0.05) is 56.2 Å². The first-order chi connectivity index (χ1) is 13.2. The van der Waals surface area contributed by atoms with E-state index < -0.39 is 18.3 Å². The van der Waals surface area contributed by atoms with Gasteiger partial charge in [0.1, 0.15) is 12.7 Å². The van der Waals surface area contributed by atoms with E-state index in [9.17, 15) is 9.59 Å². The number of unbranched alkanes of at least 4 members (excludes halogenated alkanes) is 2. The summed E-state index contributed by atoms with van der Waals surface area (Å²) >= 11 is 0. The van der Waals surface area contributed by atoms with Crippen molar-refractivity contribution in [2.24, 2.45) is 0 Å². The summed E-state index contributed by atoms with van der Waals surface area (Å²) in [4.78, 5) is 24.0. The number of ether oxygens (including phenoxy) is 2. The maximum atomic E-state index is 12.1. The van der Waals surface area contributed by atoms with Gasteiger partial charge in [-0.2, -0.15) is 0 Å². The zero-order valence-electron chi connectivity index (χ0n) is 15.5. The van der Waals surface area contributed by atoms with Gasteiger partial charge in [0.2, 0.25) is 0 Å². The average molecular weight is 370 g/mol. The highest BCUT2D eigenvalue weighted by Gasteiger charge is 2.17. The van der Waals surface area contributed by atoms with E-state index >= 15 is 0 Å². The van der Waals surface area contributed by atoms with E-state index in [1.807, 2.05) is 36.4 Å². The fourth-order valence-corrected chi connectivity index (χ4v) is 2.46. The Morgan fingerprint density at radius 2 is 1.41 bits per heavy atom. The van der Waals surface area contributed by atoms with E-state index in [4.69, 9.17) is 9.47 Å². The molecule has 1 atom stereocenters. The highest BCUT2D eigenvalue weighted by molar-refractivity contribution is 5.85. The summed E-state index contributed by atoms with van der Waals surface area (Å²) < 4.78 is 10.7. The van der Waals surface area contributed by atoms with Gasteiger partial charge in [-0.15, -0.1) is 0 Å². The quantitative estimate of drug-likeness (QED) is 0.577. The Hall–Kier alpha value is -3.02. The fraction of sp³-hybridized carbons (Fsp3) is 0.333. The number of rotatable bonds is 9. The third-order valence-corrected chi connectivity index (χ3v) is 3.84. The van der Waals surface area contributed by atoms with Crippen LogP contribution in [0.15, 0.2) is 60.7 Å². The van der Waals surface area contributed by atoms with Crippen LogP contribution in [0.4, 0.5) is 21.0 Å². The molecule has 0 fully saturated rings. The largest absolute Gasteiger partial charge is 0.445 e. The third kappa shape index (κ3) is 8.27. The molecule has 2 rings (SSSR count). The first-order valence-electron chi connectivity index (χ1n) is 9.19. The molecule has 6 nitrogen and oxygen atoms in total. The van der Waals surface area contributed by atoms with Crippen molar-refractivity contribution in [1.82, 2.24) is 0 Å². The van der Waals surface area contributed by atoms with Crippen LogP contribution in [-0.4, -0.2) is 24.9 Å². The number of carbonyl (C=O) groups excluding carboxylic acids is 2. The number of hydrogen-bond acceptors (Lipinski definition) is 4. The minimum Gasteiger partial charge on any atom is -0.445 e. The monoisotopic (exact) mass is 370 g/mol. The molecule has 0 aliphatic heterocycles. The van der Waals surface area contributed by atoms with Gasteiger partial charge >= 0.3 is 12.2 Å². The van der Waals surface area contributed by atoms with Crippen LogP contribution in [0.25, 0.3) is 0 Å². The minimum atomic E-state index is -0.575. The second kappa shape index (κ2) is 11.6. The number of anilines is 2. The second-order valence-corrected chi connectivity index (χ2v) is 6.10. The molecule has 27 heavy (non-hydrogen) atoms. The molecule has 0 aliphatic rings. The van der Waals surface area contributed by atoms with Gasteiger partial charge in [-0.3, -0.25) is 10.6 Å². The summed E-state index contributed by atoms with van der Waals surface area (Å²) in [6.45, 7) is 2.10. The lowest BCUT2D eigenvalue weighted by Gasteiger charge is -2.18. The Bertz CT molecular complexity index is 692. The van der Waals surface area contributed by atoms with Crippen molar-refractivity contribution in [2.75, 3.05) is 17.2 Å². The van der Waals surface area contributed by atoms with Crippen molar-refractivity contribution >= 4 is 23.6 Å². The second-order valence-electron chi connectivity index (χ2n) is 6.10. The van der Waals surface area contributed by atoms with E-state index in [1.165, 1.54) is 0 Å². The molecule has 2 aromatic carbocycles. The maximum absolute atomic E-state index is 12.1. The molecule has 0 bridgehead atoms. The lowest BCUT2D eigenvalue weighted by atomic mass is 10.1. The molecule has 0 saturated heterocycles. The molecule has 0 saturated carbocycles. The number of hydrogen-bond donors (Lipinski definition) is 2. The molecule has 0 heterocycles. The van der Waals surface area contributed by atoms with E-state index in [-0.39, 0.29) is 6.61 Å². The van der Waals surface area contributed by atoms with Crippen LogP contribution in [0.2, 0.25) is 0 Å². The van der Waals surface area contributed by atoms with Gasteiger partial charge in [-0.25, -0.2) is 9.59 Å².